The summed E-state index contributed by atoms with van der Waals surface area (Å²) in [6.07, 6.45) is 1.79. The summed E-state index contributed by atoms with van der Waals surface area (Å²) in [5.74, 6) is 0.688. The Hall–Kier alpha value is -1.07. The summed E-state index contributed by atoms with van der Waals surface area (Å²) in [7, 11) is 0. The lowest BCUT2D eigenvalue weighted by molar-refractivity contribution is -0.132. The number of amides is 1. The molecule has 0 aliphatic carbocycles. The Morgan fingerprint density at radius 2 is 2.00 bits per heavy atom. The van der Waals surface area contributed by atoms with E-state index in [1.54, 1.807) is 4.90 Å². The van der Waals surface area contributed by atoms with Crippen LogP contribution in [0.4, 0.5) is 0 Å². The fourth-order valence-electron chi connectivity index (χ4n) is 2.04. The topological polar surface area (TPSA) is 55.6 Å². The summed E-state index contributed by atoms with van der Waals surface area (Å²) in [6.45, 7) is 7.47. The first-order valence-electron chi connectivity index (χ1n) is 7.46. The highest BCUT2D eigenvalue weighted by atomic mass is 79.9. The van der Waals surface area contributed by atoms with Crippen molar-refractivity contribution in [3.8, 4) is 5.75 Å². The summed E-state index contributed by atoms with van der Waals surface area (Å²) in [5.41, 5.74) is 7.12. The quantitative estimate of drug-likeness (QED) is 0.778. The molecule has 1 unspecified atom stereocenters. The van der Waals surface area contributed by atoms with E-state index in [0.29, 0.717) is 18.8 Å². The zero-order chi connectivity index (χ0) is 15.8. The molecule has 0 fully saturated rings. The van der Waals surface area contributed by atoms with Gasteiger partial charge in [-0.05, 0) is 60.3 Å². The van der Waals surface area contributed by atoms with Gasteiger partial charge in [0, 0.05) is 19.1 Å². The lowest BCUT2D eigenvalue weighted by Gasteiger charge is -2.19. The first-order valence-corrected chi connectivity index (χ1v) is 8.25. The predicted octanol–water partition coefficient (Wildman–Crippen LogP) is 2.98. The molecule has 1 aromatic carbocycles. The number of carbonyl (C=O) groups excluding carboxylic acids is 1. The molecule has 5 heteroatoms. The molecule has 0 saturated carbocycles. The first kappa shape index (κ1) is 18.0. The molecule has 118 valence electrons. The summed E-state index contributed by atoms with van der Waals surface area (Å²) >= 11 is 3.49. The van der Waals surface area contributed by atoms with Gasteiger partial charge in [-0.3, -0.25) is 4.79 Å². The van der Waals surface area contributed by atoms with Gasteiger partial charge in [-0.2, -0.15) is 0 Å². The lowest BCUT2D eigenvalue weighted by atomic mass is 10.0. The van der Waals surface area contributed by atoms with Crippen molar-refractivity contribution in [1.29, 1.82) is 0 Å². The number of halogens is 1. The van der Waals surface area contributed by atoms with Crippen LogP contribution in [0.2, 0.25) is 0 Å². The standard InChI is InChI=1S/C16H25BrN2O2/c1-4-13(18)9-12-7-8-15(14(17)10-12)21-11-16(20)19(5-2)6-3/h7-8,10,13H,4-6,9,11,18H2,1-3H3. The second kappa shape index (κ2) is 9.05. The molecule has 0 bridgehead atoms. The maximum absolute atomic E-state index is 11.9. The third-order valence-corrected chi connectivity index (χ3v) is 4.11. The fourth-order valence-corrected chi connectivity index (χ4v) is 2.58. The largest absolute Gasteiger partial charge is 0.483 e. The first-order chi connectivity index (χ1) is 10.0. The van der Waals surface area contributed by atoms with Crippen molar-refractivity contribution in [3.05, 3.63) is 28.2 Å². The maximum Gasteiger partial charge on any atom is 0.260 e. The smallest absolute Gasteiger partial charge is 0.260 e. The number of nitrogens with zero attached hydrogens (tertiary/aromatic N) is 1. The van der Waals surface area contributed by atoms with Crippen molar-refractivity contribution in [3.63, 3.8) is 0 Å². The van der Waals surface area contributed by atoms with E-state index in [4.69, 9.17) is 10.5 Å². The van der Waals surface area contributed by atoms with E-state index in [1.165, 1.54) is 5.56 Å². The minimum atomic E-state index is 0.00369. The van der Waals surface area contributed by atoms with Gasteiger partial charge in [-0.15, -0.1) is 0 Å². The Bertz CT molecular complexity index is 462. The van der Waals surface area contributed by atoms with E-state index in [2.05, 4.69) is 22.9 Å². The molecule has 0 spiro atoms. The number of carbonyl (C=O) groups is 1. The van der Waals surface area contributed by atoms with Crippen molar-refractivity contribution in [2.45, 2.75) is 39.7 Å². The van der Waals surface area contributed by atoms with Crippen molar-refractivity contribution >= 4 is 21.8 Å². The Balaban J connectivity index is 2.62. The van der Waals surface area contributed by atoms with Crippen LogP contribution in [0.5, 0.6) is 5.75 Å². The van der Waals surface area contributed by atoms with E-state index >= 15 is 0 Å². The summed E-state index contributed by atoms with van der Waals surface area (Å²) < 4.78 is 6.46. The molecule has 2 N–H and O–H groups in total. The Kier molecular flexibility index (Phi) is 7.75. The van der Waals surface area contributed by atoms with Gasteiger partial charge in [0.25, 0.3) is 5.91 Å². The van der Waals surface area contributed by atoms with E-state index in [-0.39, 0.29) is 18.6 Å². The average molecular weight is 357 g/mol. The third-order valence-electron chi connectivity index (χ3n) is 3.49. The van der Waals surface area contributed by atoms with Gasteiger partial charge in [0.2, 0.25) is 0 Å². The van der Waals surface area contributed by atoms with Crippen LogP contribution >= 0.6 is 15.9 Å². The highest BCUT2D eigenvalue weighted by Crippen LogP contribution is 2.26. The predicted molar refractivity (Wildman–Crippen MR) is 89.5 cm³/mol. The van der Waals surface area contributed by atoms with Crippen LogP contribution in [-0.4, -0.2) is 36.5 Å². The Morgan fingerprint density at radius 3 is 2.52 bits per heavy atom. The highest BCUT2D eigenvalue weighted by molar-refractivity contribution is 9.10. The van der Waals surface area contributed by atoms with Crippen LogP contribution in [0, 0.1) is 0 Å². The number of ether oxygens (including phenoxy) is 1. The van der Waals surface area contributed by atoms with Crippen molar-refractivity contribution in [2.24, 2.45) is 5.73 Å². The van der Waals surface area contributed by atoms with Crippen molar-refractivity contribution in [2.75, 3.05) is 19.7 Å². The second-order valence-corrected chi connectivity index (χ2v) is 5.85. The second-order valence-electron chi connectivity index (χ2n) is 4.99. The van der Waals surface area contributed by atoms with Crippen LogP contribution in [0.25, 0.3) is 0 Å². The van der Waals surface area contributed by atoms with Crippen molar-refractivity contribution < 1.29 is 9.53 Å². The minimum Gasteiger partial charge on any atom is -0.483 e. The number of likely N-dealkylation sites (N-methyl/N-ethyl adjacent to an activating group) is 1. The summed E-state index contributed by atoms with van der Waals surface area (Å²) in [6, 6.07) is 6.06. The fraction of sp³-hybridized carbons (Fsp3) is 0.562. The van der Waals surface area contributed by atoms with E-state index in [9.17, 15) is 4.79 Å². The molecule has 0 radical (unpaired) electrons. The molecule has 0 saturated heterocycles. The maximum atomic E-state index is 11.9. The third kappa shape index (κ3) is 5.67. The molecule has 0 aliphatic rings. The molecule has 1 atom stereocenters. The molecule has 1 amide bonds. The number of nitrogens with two attached hydrogens (primary N) is 1. The van der Waals surface area contributed by atoms with Crippen LogP contribution in [0.15, 0.2) is 22.7 Å². The van der Waals surface area contributed by atoms with Gasteiger partial charge in [-0.1, -0.05) is 13.0 Å². The highest BCUT2D eigenvalue weighted by Gasteiger charge is 2.12. The van der Waals surface area contributed by atoms with Gasteiger partial charge < -0.3 is 15.4 Å². The zero-order valence-electron chi connectivity index (χ0n) is 13.1. The number of hydrogen-bond donors (Lipinski definition) is 1. The van der Waals surface area contributed by atoms with Crippen LogP contribution in [0.1, 0.15) is 32.8 Å². The van der Waals surface area contributed by atoms with Gasteiger partial charge in [-0.25, -0.2) is 0 Å². The van der Waals surface area contributed by atoms with E-state index in [1.807, 2.05) is 32.0 Å². The number of rotatable bonds is 8. The molecule has 21 heavy (non-hydrogen) atoms. The Labute approximate surface area is 135 Å². The van der Waals surface area contributed by atoms with Crippen LogP contribution in [0.3, 0.4) is 0 Å². The van der Waals surface area contributed by atoms with Gasteiger partial charge in [0.05, 0.1) is 4.47 Å². The van der Waals surface area contributed by atoms with E-state index < -0.39 is 0 Å². The number of hydrogen-bond acceptors (Lipinski definition) is 3. The molecule has 0 aliphatic heterocycles. The van der Waals surface area contributed by atoms with Gasteiger partial charge >= 0.3 is 0 Å². The Morgan fingerprint density at radius 1 is 1.33 bits per heavy atom. The molecular formula is C16H25BrN2O2. The molecule has 1 rings (SSSR count). The molecule has 0 heterocycles. The SMILES string of the molecule is CCC(N)Cc1ccc(OCC(=O)N(CC)CC)c(Br)c1. The molecule has 1 aromatic rings. The van der Waals surface area contributed by atoms with E-state index in [0.717, 1.165) is 17.3 Å². The molecule has 4 nitrogen and oxygen atoms in total. The average Bonchev–Trinajstić information content (AvgIpc) is 2.47. The lowest BCUT2D eigenvalue weighted by Crippen LogP contribution is -2.34. The molecule has 0 aromatic heterocycles. The van der Waals surface area contributed by atoms with Crippen LogP contribution in [-0.2, 0) is 11.2 Å². The number of benzene rings is 1. The minimum absolute atomic E-state index is 0.00369. The normalized spacial score (nSPS) is 12.0. The van der Waals surface area contributed by atoms with Gasteiger partial charge in [0.15, 0.2) is 6.61 Å². The monoisotopic (exact) mass is 356 g/mol. The van der Waals surface area contributed by atoms with Crippen molar-refractivity contribution in [1.82, 2.24) is 4.90 Å². The van der Waals surface area contributed by atoms with Gasteiger partial charge in [0.1, 0.15) is 5.75 Å². The van der Waals surface area contributed by atoms with Crippen LogP contribution < -0.4 is 10.5 Å². The zero-order valence-corrected chi connectivity index (χ0v) is 14.6. The summed E-state index contributed by atoms with van der Waals surface area (Å²) in [4.78, 5) is 13.7. The summed E-state index contributed by atoms with van der Waals surface area (Å²) in [5, 5.41) is 0. The molecular weight excluding hydrogens is 332 g/mol.